The van der Waals surface area contributed by atoms with Crippen LogP contribution in [-0.2, 0) is 4.79 Å². The summed E-state index contributed by atoms with van der Waals surface area (Å²) in [7, 11) is 0. The maximum atomic E-state index is 15.0. The Morgan fingerprint density at radius 1 is 1.09 bits per heavy atom. The number of benzene rings is 2. The first-order chi connectivity index (χ1) is 16.4. The molecule has 7 nitrogen and oxygen atoms in total. The van der Waals surface area contributed by atoms with Gasteiger partial charge in [0.15, 0.2) is 0 Å². The molecule has 0 saturated heterocycles. The van der Waals surface area contributed by atoms with Crippen molar-refractivity contribution in [2.24, 2.45) is 5.92 Å². The number of aromatic amines is 1. The van der Waals surface area contributed by atoms with Crippen LogP contribution in [0.3, 0.4) is 0 Å². The molecular weight excluding hydrogens is 503 g/mol. The Hall–Kier alpha value is -3.33. The average Bonchev–Trinajstić information content (AvgIpc) is 3.23. The molecule has 0 bridgehead atoms. The number of imidazole rings is 1. The summed E-state index contributed by atoms with van der Waals surface area (Å²) in [5, 5.41) is 8.94. The summed E-state index contributed by atoms with van der Waals surface area (Å²) in [6.07, 6.45) is 6.64. The highest BCUT2D eigenvalue weighted by Crippen LogP contribution is 2.30. The van der Waals surface area contributed by atoms with E-state index in [9.17, 15) is 9.18 Å². The zero-order valence-corrected chi connectivity index (χ0v) is 19.8. The van der Waals surface area contributed by atoms with E-state index < -0.39 is 11.8 Å². The van der Waals surface area contributed by atoms with Gasteiger partial charge in [0.25, 0.3) is 0 Å². The van der Waals surface area contributed by atoms with Gasteiger partial charge in [-0.25, -0.2) is 19.3 Å². The van der Waals surface area contributed by atoms with E-state index in [1.807, 2.05) is 24.3 Å². The normalized spacial score (nSPS) is 18.2. The number of nitrogens with zero attached hydrogens (tertiary/aromatic N) is 3. The summed E-state index contributed by atoms with van der Waals surface area (Å²) >= 11 is 3.43. The molecule has 2 aromatic heterocycles. The van der Waals surface area contributed by atoms with Crippen LogP contribution in [0, 0.1) is 11.7 Å². The first-order valence-corrected chi connectivity index (χ1v) is 11.9. The summed E-state index contributed by atoms with van der Waals surface area (Å²) in [5.74, 6) is -0.470. The lowest BCUT2D eigenvalue weighted by Crippen LogP contribution is -2.25. The van der Waals surface area contributed by atoms with Crippen molar-refractivity contribution < 1.29 is 19.0 Å². The van der Waals surface area contributed by atoms with Gasteiger partial charge in [-0.15, -0.1) is 0 Å². The molecule has 9 heteroatoms. The van der Waals surface area contributed by atoms with Crippen LogP contribution in [0.25, 0.3) is 33.5 Å². The number of nitrogens with one attached hydrogen (secondary N) is 1. The number of fused-ring (bicyclic) bond motifs is 1. The number of hydrogen-bond donors (Lipinski definition) is 2. The Labute approximate surface area is 203 Å². The van der Waals surface area contributed by atoms with Crippen molar-refractivity contribution >= 4 is 32.9 Å². The molecule has 34 heavy (non-hydrogen) atoms. The van der Waals surface area contributed by atoms with Crippen molar-refractivity contribution in [2.45, 2.75) is 38.2 Å². The monoisotopic (exact) mass is 524 g/mol. The number of carboxylic acids is 1. The molecule has 0 spiro atoms. The van der Waals surface area contributed by atoms with E-state index >= 15 is 0 Å². The van der Waals surface area contributed by atoms with Crippen LogP contribution in [0.15, 0.2) is 53.3 Å². The summed E-state index contributed by atoms with van der Waals surface area (Å²) in [6, 6.07) is 10.9. The van der Waals surface area contributed by atoms with Crippen molar-refractivity contribution in [1.82, 2.24) is 19.9 Å². The Kier molecular flexibility index (Phi) is 6.28. The van der Waals surface area contributed by atoms with Crippen molar-refractivity contribution in [2.75, 3.05) is 0 Å². The number of hydrogen-bond acceptors (Lipinski definition) is 5. The molecule has 2 N–H and O–H groups in total. The third-order valence-corrected chi connectivity index (χ3v) is 6.65. The Bertz CT molecular complexity index is 1330. The van der Waals surface area contributed by atoms with Crippen LogP contribution in [-0.4, -0.2) is 37.1 Å². The maximum absolute atomic E-state index is 15.0. The molecule has 0 radical (unpaired) electrons. The second-order valence-corrected chi connectivity index (χ2v) is 9.47. The number of aliphatic carboxylic acids is 1. The minimum atomic E-state index is -0.751. The lowest BCUT2D eigenvalue weighted by Gasteiger charge is -2.27. The van der Waals surface area contributed by atoms with Gasteiger partial charge in [-0.2, -0.15) is 0 Å². The molecule has 0 amide bonds. The predicted molar refractivity (Wildman–Crippen MR) is 129 cm³/mol. The van der Waals surface area contributed by atoms with Gasteiger partial charge in [0, 0.05) is 28.9 Å². The smallest absolute Gasteiger partial charge is 0.316 e. The molecular formula is C25H22BrFN4O3. The fourth-order valence-electron chi connectivity index (χ4n) is 4.37. The Morgan fingerprint density at radius 2 is 1.85 bits per heavy atom. The second kappa shape index (κ2) is 9.50. The van der Waals surface area contributed by atoms with Crippen molar-refractivity contribution in [1.29, 1.82) is 0 Å². The number of aromatic nitrogens is 4. The molecule has 1 aliphatic carbocycles. The van der Waals surface area contributed by atoms with Crippen LogP contribution in [0.2, 0.25) is 0 Å². The van der Waals surface area contributed by atoms with Gasteiger partial charge in [-0.3, -0.25) is 4.79 Å². The number of halogens is 2. The molecule has 0 aliphatic heterocycles. The third kappa shape index (κ3) is 4.94. The Balaban J connectivity index is 1.26. The van der Waals surface area contributed by atoms with E-state index in [4.69, 9.17) is 9.84 Å². The fourth-order valence-corrected chi connectivity index (χ4v) is 4.73. The first-order valence-electron chi connectivity index (χ1n) is 11.1. The summed E-state index contributed by atoms with van der Waals surface area (Å²) in [6.45, 7) is 0. The standard InChI is InChI=1S/C25H22BrFN4O3/c26-17-4-8-21-22(11-17)31-24(30-21)19-7-3-15(10-20(19)27)16-12-28-25(29-13-16)34-18-5-1-14(2-6-18)9-23(32)33/h3-4,7-8,10-14,18H,1-2,5-6,9H2,(H,30,31)(H,32,33). The number of ether oxygens (including phenoxy) is 1. The van der Waals surface area contributed by atoms with Gasteiger partial charge < -0.3 is 14.8 Å². The molecule has 5 rings (SSSR count). The molecule has 1 fully saturated rings. The highest BCUT2D eigenvalue weighted by molar-refractivity contribution is 9.10. The van der Waals surface area contributed by atoms with E-state index in [1.165, 1.54) is 6.07 Å². The topological polar surface area (TPSA) is 101 Å². The van der Waals surface area contributed by atoms with Crippen LogP contribution in [0.4, 0.5) is 4.39 Å². The molecule has 0 atom stereocenters. The molecule has 2 aromatic carbocycles. The number of rotatable bonds is 6. The fraction of sp³-hybridized carbons (Fsp3) is 0.280. The van der Waals surface area contributed by atoms with Crippen LogP contribution >= 0.6 is 15.9 Å². The molecule has 0 unspecified atom stereocenters. The zero-order chi connectivity index (χ0) is 23.7. The van der Waals surface area contributed by atoms with Crippen molar-refractivity contribution in [3.8, 4) is 28.5 Å². The molecule has 1 saturated carbocycles. The summed E-state index contributed by atoms with van der Waals surface area (Å²) in [4.78, 5) is 27.1. The Morgan fingerprint density at radius 3 is 2.56 bits per heavy atom. The highest BCUT2D eigenvalue weighted by Gasteiger charge is 2.24. The average molecular weight is 525 g/mol. The minimum absolute atomic E-state index is 0.0166. The van der Waals surface area contributed by atoms with E-state index in [2.05, 4.69) is 35.9 Å². The summed E-state index contributed by atoms with van der Waals surface area (Å²) < 4.78 is 21.8. The van der Waals surface area contributed by atoms with Crippen LogP contribution < -0.4 is 4.74 Å². The van der Waals surface area contributed by atoms with Gasteiger partial charge in [0.1, 0.15) is 17.7 Å². The molecule has 4 aromatic rings. The highest BCUT2D eigenvalue weighted by atomic mass is 79.9. The van der Waals surface area contributed by atoms with E-state index in [1.54, 1.807) is 18.5 Å². The van der Waals surface area contributed by atoms with Gasteiger partial charge in [-0.1, -0.05) is 22.0 Å². The van der Waals surface area contributed by atoms with E-state index in [0.717, 1.165) is 41.2 Å². The second-order valence-electron chi connectivity index (χ2n) is 8.55. The van der Waals surface area contributed by atoms with Gasteiger partial charge in [0.2, 0.25) is 0 Å². The number of H-pyrrole nitrogens is 1. The lowest BCUT2D eigenvalue weighted by molar-refractivity contribution is -0.138. The number of carboxylic acid groups (broad SMARTS) is 1. The SMILES string of the molecule is O=C(O)CC1CCC(Oc2ncc(-c3ccc(-c4nc5ccc(Br)cc5[nH]4)c(F)c3)cn2)CC1. The van der Waals surface area contributed by atoms with Gasteiger partial charge in [-0.05, 0) is 67.5 Å². The number of carbonyl (C=O) groups is 1. The minimum Gasteiger partial charge on any atom is -0.481 e. The lowest BCUT2D eigenvalue weighted by atomic mass is 9.85. The third-order valence-electron chi connectivity index (χ3n) is 6.16. The predicted octanol–water partition coefficient (Wildman–Crippen LogP) is 6.00. The first kappa shape index (κ1) is 22.5. The molecule has 174 valence electrons. The quantitative estimate of drug-likeness (QED) is 0.320. The van der Waals surface area contributed by atoms with Crippen LogP contribution in [0.1, 0.15) is 32.1 Å². The van der Waals surface area contributed by atoms with E-state index in [0.29, 0.717) is 22.5 Å². The largest absolute Gasteiger partial charge is 0.481 e. The zero-order valence-electron chi connectivity index (χ0n) is 18.2. The van der Waals surface area contributed by atoms with Crippen molar-refractivity contribution in [3.63, 3.8) is 0 Å². The van der Waals surface area contributed by atoms with Crippen molar-refractivity contribution in [3.05, 3.63) is 59.1 Å². The molecule has 1 aliphatic rings. The van der Waals surface area contributed by atoms with Gasteiger partial charge >= 0.3 is 12.0 Å². The van der Waals surface area contributed by atoms with Crippen LogP contribution in [0.5, 0.6) is 6.01 Å². The summed E-state index contributed by atoms with van der Waals surface area (Å²) in [5.41, 5.74) is 3.31. The maximum Gasteiger partial charge on any atom is 0.316 e. The molecule has 2 heterocycles. The van der Waals surface area contributed by atoms with Gasteiger partial charge in [0.05, 0.1) is 16.6 Å². The van der Waals surface area contributed by atoms with E-state index in [-0.39, 0.29) is 24.5 Å².